The topological polar surface area (TPSA) is 71.5 Å². The molecule has 0 saturated heterocycles. The fourth-order valence-electron chi connectivity index (χ4n) is 3.00. The number of carbonyl (C=O) groups is 2. The highest BCUT2D eigenvalue weighted by Gasteiger charge is 2.29. The van der Waals surface area contributed by atoms with E-state index in [1.165, 1.54) is 16.7 Å². The first-order chi connectivity index (χ1) is 13.7. The van der Waals surface area contributed by atoms with Crippen LogP contribution in [0.5, 0.6) is 5.75 Å². The largest absolute Gasteiger partial charge is 0.495 e. The normalized spacial score (nSPS) is 12.6. The predicted molar refractivity (Wildman–Crippen MR) is 108 cm³/mol. The molecule has 2 aromatic carbocycles. The van der Waals surface area contributed by atoms with Gasteiger partial charge in [-0.15, -0.1) is 0 Å². The van der Waals surface area contributed by atoms with E-state index in [2.05, 4.69) is 10.3 Å². The maximum atomic E-state index is 13.2. The van der Waals surface area contributed by atoms with Crippen molar-refractivity contribution in [2.45, 2.75) is 9.92 Å². The van der Waals surface area contributed by atoms with E-state index in [0.29, 0.717) is 27.7 Å². The van der Waals surface area contributed by atoms with Gasteiger partial charge in [0.15, 0.2) is 0 Å². The van der Waals surface area contributed by atoms with Crippen LogP contribution in [-0.2, 0) is 4.79 Å². The zero-order valence-corrected chi connectivity index (χ0v) is 15.9. The Balaban J connectivity index is 1.66. The van der Waals surface area contributed by atoms with Crippen LogP contribution in [0.2, 0.25) is 0 Å². The van der Waals surface area contributed by atoms with Gasteiger partial charge in [-0.2, -0.15) is 0 Å². The fraction of sp³-hybridized carbons (Fsp3) is 0.0952. The lowest BCUT2D eigenvalue weighted by atomic mass is 10.2. The van der Waals surface area contributed by atoms with E-state index in [-0.39, 0.29) is 18.4 Å². The van der Waals surface area contributed by atoms with Gasteiger partial charge in [0.05, 0.1) is 24.0 Å². The number of para-hydroxylation sites is 3. The molecule has 4 rings (SSSR count). The Morgan fingerprint density at radius 1 is 1.11 bits per heavy atom. The molecule has 0 bridgehead atoms. The van der Waals surface area contributed by atoms with Crippen molar-refractivity contribution in [2.75, 3.05) is 23.9 Å². The number of fused-ring (bicyclic) bond motifs is 2. The van der Waals surface area contributed by atoms with Crippen molar-refractivity contribution in [3.8, 4) is 5.75 Å². The molecule has 28 heavy (non-hydrogen) atoms. The molecular weight excluding hydrogens is 374 g/mol. The van der Waals surface area contributed by atoms with Crippen LogP contribution in [0.15, 0.2) is 76.8 Å². The van der Waals surface area contributed by atoms with E-state index in [9.17, 15) is 9.59 Å². The second kappa shape index (κ2) is 7.74. The minimum atomic E-state index is -0.315. The van der Waals surface area contributed by atoms with Gasteiger partial charge < -0.3 is 10.1 Å². The van der Waals surface area contributed by atoms with Gasteiger partial charge in [0, 0.05) is 11.1 Å². The van der Waals surface area contributed by atoms with Gasteiger partial charge in [-0.1, -0.05) is 36.0 Å². The van der Waals surface area contributed by atoms with Crippen molar-refractivity contribution in [1.82, 2.24) is 4.98 Å². The Morgan fingerprint density at radius 2 is 1.89 bits per heavy atom. The zero-order chi connectivity index (χ0) is 19.5. The number of carbonyl (C=O) groups excluding carboxylic acids is 2. The summed E-state index contributed by atoms with van der Waals surface area (Å²) in [5, 5.41) is 3.46. The summed E-state index contributed by atoms with van der Waals surface area (Å²) >= 11 is 1.42. The Bertz CT molecular complexity index is 1050. The minimum Gasteiger partial charge on any atom is -0.495 e. The number of aromatic nitrogens is 1. The fourth-order valence-corrected chi connectivity index (χ4v) is 4.02. The van der Waals surface area contributed by atoms with E-state index in [1.54, 1.807) is 37.6 Å². The molecule has 0 unspecified atom stereocenters. The van der Waals surface area contributed by atoms with Crippen LogP contribution in [0, 0.1) is 0 Å². The van der Waals surface area contributed by atoms with Gasteiger partial charge in [0.1, 0.15) is 17.3 Å². The molecular formula is C21H17N3O3S. The molecule has 0 fully saturated rings. The Kier molecular flexibility index (Phi) is 4.99. The molecule has 1 aliphatic rings. The number of amides is 2. The Labute approximate surface area is 166 Å². The minimum absolute atomic E-state index is 0.122. The van der Waals surface area contributed by atoms with E-state index in [4.69, 9.17) is 4.74 Å². The van der Waals surface area contributed by atoms with Crippen LogP contribution in [0.1, 0.15) is 10.4 Å². The summed E-state index contributed by atoms with van der Waals surface area (Å²) in [4.78, 5) is 32.6. The first-order valence-electron chi connectivity index (χ1n) is 8.64. The number of nitrogens with zero attached hydrogens (tertiary/aromatic N) is 2. The smallest absolute Gasteiger partial charge is 0.261 e. The van der Waals surface area contributed by atoms with Gasteiger partial charge in [-0.25, -0.2) is 4.98 Å². The molecule has 2 amide bonds. The molecule has 0 aliphatic carbocycles. The average Bonchev–Trinajstić information content (AvgIpc) is 2.83. The monoisotopic (exact) mass is 391 g/mol. The summed E-state index contributed by atoms with van der Waals surface area (Å²) in [6.45, 7) is -0.122. The van der Waals surface area contributed by atoms with Crippen molar-refractivity contribution in [3.63, 3.8) is 0 Å². The molecule has 3 aromatic rings. The number of hydrogen-bond donors (Lipinski definition) is 1. The zero-order valence-electron chi connectivity index (χ0n) is 15.1. The number of methoxy groups -OCH3 is 1. The SMILES string of the molecule is COc1ccccc1NC(=O)CN1C(=O)c2cccnc2Sc2ccccc21. The van der Waals surface area contributed by atoms with Crippen LogP contribution >= 0.6 is 11.8 Å². The predicted octanol–water partition coefficient (Wildman–Crippen LogP) is 3.84. The summed E-state index contributed by atoms with van der Waals surface area (Å²) in [5.41, 5.74) is 1.72. The second-order valence-electron chi connectivity index (χ2n) is 6.07. The van der Waals surface area contributed by atoms with Crippen LogP contribution in [0.3, 0.4) is 0 Å². The molecule has 0 radical (unpaired) electrons. The lowest BCUT2D eigenvalue weighted by molar-refractivity contribution is -0.114. The molecule has 140 valence electrons. The summed E-state index contributed by atoms with van der Waals surface area (Å²) in [6, 6.07) is 18.1. The lowest BCUT2D eigenvalue weighted by Gasteiger charge is -2.22. The number of hydrogen-bond acceptors (Lipinski definition) is 5. The summed E-state index contributed by atoms with van der Waals surface area (Å²) in [6.07, 6.45) is 1.66. The average molecular weight is 391 g/mol. The van der Waals surface area contributed by atoms with Crippen molar-refractivity contribution in [2.24, 2.45) is 0 Å². The molecule has 7 heteroatoms. The van der Waals surface area contributed by atoms with Gasteiger partial charge in [0.2, 0.25) is 5.91 Å². The van der Waals surface area contributed by atoms with Crippen LogP contribution in [0.4, 0.5) is 11.4 Å². The molecule has 1 aromatic heterocycles. The van der Waals surface area contributed by atoms with Crippen molar-refractivity contribution >= 4 is 35.0 Å². The molecule has 0 spiro atoms. The summed E-state index contributed by atoms with van der Waals surface area (Å²) in [7, 11) is 1.54. The lowest BCUT2D eigenvalue weighted by Crippen LogP contribution is -2.38. The van der Waals surface area contributed by atoms with Gasteiger partial charge in [-0.05, 0) is 36.4 Å². The number of rotatable bonds is 4. The van der Waals surface area contributed by atoms with E-state index < -0.39 is 0 Å². The highest BCUT2D eigenvalue weighted by molar-refractivity contribution is 7.99. The standard InChI is InChI=1S/C21H17N3O3S/c1-27-17-10-4-2-8-15(17)23-19(25)13-24-16-9-3-5-11-18(16)28-20-14(21(24)26)7-6-12-22-20/h2-12H,13H2,1H3,(H,23,25). The van der Waals surface area contributed by atoms with Crippen molar-refractivity contribution in [3.05, 3.63) is 72.4 Å². The van der Waals surface area contributed by atoms with Crippen LogP contribution in [-0.4, -0.2) is 30.5 Å². The number of nitrogens with one attached hydrogen (secondary N) is 1. The van der Waals surface area contributed by atoms with E-state index >= 15 is 0 Å². The van der Waals surface area contributed by atoms with Crippen LogP contribution in [0.25, 0.3) is 0 Å². The van der Waals surface area contributed by atoms with Crippen molar-refractivity contribution in [1.29, 1.82) is 0 Å². The molecule has 2 heterocycles. The number of anilines is 2. The second-order valence-corrected chi connectivity index (χ2v) is 7.10. The number of benzene rings is 2. The van der Waals surface area contributed by atoms with E-state index in [0.717, 1.165) is 4.90 Å². The number of pyridine rings is 1. The highest BCUT2D eigenvalue weighted by atomic mass is 32.2. The third kappa shape index (κ3) is 3.44. The summed E-state index contributed by atoms with van der Waals surface area (Å²) < 4.78 is 5.27. The van der Waals surface area contributed by atoms with Gasteiger partial charge in [0.25, 0.3) is 5.91 Å². The maximum Gasteiger partial charge on any atom is 0.261 e. The number of ether oxygens (including phenoxy) is 1. The van der Waals surface area contributed by atoms with E-state index in [1.807, 2.05) is 36.4 Å². The van der Waals surface area contributed by atoms with Gasteiger partial charge in [-0.3, -0.25) is 14.5 Å². The first-order valence-corrected chi connectivity index (χ1v) is 9.45. The van der Waals surface area contributed by atoms with Crippen molar-refractivity contribution < 1.29 is 14.3 Å². The third-order valence-electron chi connectivity index (χ3n) is 4.29. The quantitative estimate of drug-likeness (QED) is 0.732. The molecule has 0 atom stereocenters. The Morgan fingerprint density at radius 3 is 2.75 bits per heavy atom. The molecule has 0 saturated carbocycles. The third-order valence-corrected chi connectivity index (χ3v) is 5.38. The molecule has 1 N–H and O–H groups in total. The highest BCUT2D eigenvalue weighted by Crippen LogP contribution is 2.40. The van der Waals surface area contributed by atoms with Crippen LogP contribution < -0.4 is 15.0 Å². The molecule has 6 nitrogen and oxygen atoms in total. The first kappa shape index (κ1) is 18.1. The summed E-state index contributed by atoms with van der Waals surface area (Å²) in [5.74, 6) is -0.00994. The molecule has 1 aliphatic heterocycles. The van der Waals surface area contributed by atoms with Gasteiger partial charge >= 0.3 is 0 Å². The maximum absolute atomic E-state index is 13.2. The Hall–Kier alpha value is -3.32.